The molecule has 0 unspecified atom stereocenters. The molecule has 1 aromatic carbocycles. The van der Waals surface area contributed by atoms with Crippen LogP contribution in [-0.2, 0) is 4.74 Å². The molecule has 1 atom stereocenters. The second-order valence-electron chi connectivity index (χ2n) is 7.06. The van der Waals surface area contributed by atoms with Crippen LogP contribution in [0.25, 0.3) is 0 Å². The minimum atomic E-state index is 0.338. The largest absolute Gasteiger partial charge is 0.492 e. The number of hydrogen-bond acceptors (Lipinski definition) is 7. The molecule has 7 heteroatoms. The molecular formula is C20H27N5O2. The number of piperazine rings is 1. The van der Waals surface area contributed by atoms with Crippen LogP contribution in [0.4, 0.5) is 11.8 Å². The van der Waals surface area contributed by atoms with E-state index in [4.69, 9.17) is 15.2 Å². The Morgan fingerprint density at radius 2 is 1.93 bits per heavy atom. The minimum absolute atomic E-state index is 0.338. The number of nitrogens with two attached hydrogens (primary N) is 1. The normalized spacial score (nSPS) is 20.7. The van der Waals surface area contributed by atoms with Crippen LogP contribution in [0.1, 0.15) is 18.0 Å². The highest BCUT2D eigenvalue weighted by Gasteiger charge is 2.23. The Kier molecular flexibility index (Phi) is 5.69. The maximum absolute atomic E-state index is 5.97. The number of hydrogen-bond donors (Lipinski definition) is 1. The fourth-order valence-corrected chi connectivity index (χ4v) is 3.62. The summed E-state index contributed by atoms with van der Waals surface area (Å²) in [5.74, 6) is 2.55. The summed E-state index contributed by atoms with van der Waals surface area (Å²) in [5, 5.41) is 0. The third-order valence-corrected chi connectivity index (χ3v) is 5.21. The lowest BCUT2D eigenvalue weighted by Crippen LogP contribution is -2.47. The van der Waals surface area contributed by atoms with Gasteiger partial charge in [0.1, 0.15) is 18.2 Å². The summed E-state index contributed by atoms with van der Waals surface area (Å²) >= 11 is 0. The molecule has 2 fully saturated rings. The first-order valence-electron chi connectivity index (χ1n) is 9.65. The molecular weight excluding hydrogens is 342 g/mol. The molecule has 2 aliphatic rings. The predicted octanol–water partition coefficient (Wildman–Crippen LogP) is 1.76. The minimum Gasteiger partial charge on any atom is -0.492 e. The van der Waals surface area contributed by atoms with Gasteiger partial charge in [-0.2, -0.15) is 4.98 Å². The maximum Gasteiger partial charge on any atom is 0.222 e. The Morgan fingerprint density at radius 1 is 1.11 bits per heavy atom. The highest BCUT2D eigenvalue weighted by molar-refractivity contribution is 5.45. The van der Waals surface area contributed by atoms with Gasteiger partial charge in [-0.05, 0) is 18.6 Å². The lowest BCUT2D eigenvalue weighted by atomic mass is 10.0. The van der Waals surface area contributed by atoms with Gasteiger partial charge in [0, 0.05) is 51.3 Å². The summed E-state index contributed by atoms with van der Waals surface area (Å²) in [6.07, 6.45) is 1.01. The van der Waals surface area contributed by atoms with Gasteiger partial charge in [0.2, 0.25) is 5.95 Å². The zero-order valence-corrected chi connectivity index (χ0v) is 15.6. The van der Waals surface area contributed by atoms with E-state index in [-0.39, 0.29) is 0 Å². The highest BCUT2D eigenvalue weighted by atomic mass is 16.5. The van der Waals surface area contributed by atoms with E-state index < -0.39 is 0 Å². The van der Waals surface area contributed by atoms with Crippen LogP contribution in [0.3, 0.4) is 0 Å². The maximum atomic E-state index is 5.97. The topological polar surface area (TPSA) is 76.7 Å². The fourth-order valence-electron chi connectivity index (χ4n) is 3.62. The smallest absolute Gasteiger partial charge is 0.222 e. The molecule has 2 aromatic rings. The van der Waals surface area contributed by atoms with Gasteiger partial charge in [0.25, 0.3) is 0 Å². The number of nitrogens with zero attached hydrogens (tertiary/aromatic N) is 4. The molecule has 2 N–H and O–H groups in total. The van der Waals surface area contributed by atoms with Gasteiger partial charge < -0.3 is 20.1 Å². The molecule has 7 nitrogen and oxygen atoms in total. The number of ether oxygens (including phenoxy) is 2. The Morgan fingerprint density at radius 3 is 2.67 bits per heavy atom. The molecule has 0 aliphatic carbocycles. The first-order valence-corrected chi connectivity index (χ1v) is 9.65. The molecule has 0 radical (unpaired) electrons. The molecule has 2 saturated heterocycles. The Hall–Kier alpha value is -2.38. The Balaban J connectivity index is 1.28. The summed E-state index contributed by atoms with van der Waals surface area (Å²) in [4.78, 5) is 13.6. The SMILES string of the molecule is Nc1nc([C@H]2CCOC2)cc(N2CCN(CCOc3ccccc3)CC2)n1. The predicted molar refractivity (Wildman–Crippen MR) is 105 cm³/mol. The van der Waals surface area contributed by atoms with Crippen molar-refractivity contribution in [1.82, 2.24) is 14.9 Å². The summed E-state index contributed by atoms with van der Waals surface area (Å²) < 4.78 is 11.3. The summed E-state index contributed by atoms with van der Waals surface area (Å²) in [7, 11) is 0. The van der Waals surface area contributed by atoms with Crippen LogP contribution in [0, 0.1) is 0 Å². The third-order valence-electron chi connectivity index (χ3n) is 5.21. The van der Waals surface area contributed by atoms with Crippen LogP contribution in [0.5, 0.6) is 5.75 Å². The lowest BCUT2D eigenvalue weighted by molar-refractivity contribution is 0.193. The van der Waals surface area contributed by atoms with Crippen molar-refractivity contribution in [3.63, 3.8) is 0 Å². The van der Waals surface area contributed by atoms with E-state index in [1.165, 1.54) is 0 Å². The van der Waals surface area contributed by atoms with Gasteiger partial charge >= 0.3 is 0 Å². The van der Waals surface area contributed by atoms with E-state index in [1.54, 1.807) is 0 Å². The van der Waals surface area contributed by atoms with E-state index in [9.17, 15) is 0 Å². The van der Waals surface area contributed by atoms with Gasteiger partial charge in [-0.3, -0.25) is 4.90 Å². The average Bonchev–Trinajstić information content (AvgIpc) is 3.24. The molecule has 0 spiro atoms. The number of nitrogen functional groups attached to an aromatic ring is 1. The van der Waals surface area contributed by atoms with E-state index in [0.29, 0.717) is 18.5 Å². The van der Waals surface area contributed by atoms with Gasteiger partial charge in [-0.15, -0.1) is 0 Å². The second-order valence-corrected chi connectivity index (χ2v) is 7.06. The molecule has 27 heavy (non-hydrogen) atoms. The molecule has 0 saturated carbocycles. The number of rotatable bonds is 6. The van der Waals surface area contributed by atoms with E-state index in [1.807, 2.05) is 30.3 Å². The third kappa shape index (κ3) is 4.67. The van der Waals surface area contributed by atoms with E-state index in [0.717, 1.165) is 69.6 Å². The lowest BCUT2D eigenvalue weighted by Gasteiger charge is -2.35. The molecule has 144 valence electrons. The molecule has 2 aliphatic heterocycles. The molecule has 1 aromatic heterocycles. The zero-order chi connectivity index (χ0) is 18.5. The molecule has 0 amide bonds. The first-order chi connectivity index (χ1) is 13.3. The van der Waals surface area contributed by atoms with Gasteiger partial charge in [-0.1, -0.05) is 18.2 Å². The Labute approximate surface area is 160 Å². The Bertz CT molecular complexity index is 728. The van der Waals surface area contributed by atoms with Crippen molar-refractivity contribution in [3.05, 3.63) is 42.1 Å². The molecule has 4 rings (SSSR count). The molecule has 3 heterocycles. The second kappa shape index (κ2) is 8.54. The van der Waals surface area contributed by atoms with Crippen LogP contribution in [0.15, 0.2) is 36.4 Å². The van der Waals surface area contributed by atoms with Crippen LogP contribution >= 0.6 is 0 Å². The monoisotopic (exact) mass is 369 g/mol. The zero-order valence-electron chi connectivity index (χ0n) is 15.6. The number of benzene rings is 1. The highest BCUT2D eigenvalue weighted by Crippen LogP contribution is 2.27. The number of para-hydroxylation sites is 1. The summed E-state index contributed by atoms with van der Waals surface area (Å²) in [6.45, 7) is 7.01. The van der Waals surface area contributed by atoms with Crippen molar-refractivity contribution in [1.29, 1.82) is 0 Å². The van der Waals surface area contributed by atoms with Gasteiger partial charge in [0.15, 0.2) is 0 Å². The number of anilines is 2. The van der Waals surface area contributed by atoms with Crippen molar-refractivity contribution in [2.24, 2.45) is 0 Å². The van der Waals surface area contributed by atoms with Crippen molar-refractivity contribution in [3.8, 4) is 5.75 Å². The van der Waals surface area contributed by atoms with Gasteiger partial charge in [-0.25, -0.2) is 4.98 Å². The first kappa shape index (κ1) is 18.0. The van der Waals surface area contributed by atoms with Crippen molar-refractivity contribution in [2.45, 2.75) is 12.3 Å². The average molecular weight is 369 g/mol. The van der Waals surface area contributed by atoms with Crippen molar-refractivity contribution in [2.75, 3.05) is 63.2 Å². The molecule has 0 bridgehead atoms. The summed E-state index contributed by atoms with van der Waals surface area (Å²) in [5.41, 5.74) is 6.97. The van der Waals surface area contributed by atoms with Crippen molar-refractivity contribution < 1.29 is 9.47 Å². The van der Waals surface area contributed by atoms with Gasteiger partial charge in [0.05, 0.1) is 12.3 Å². The quantitative estimate of drug-likeness (QED) is 0.831. The van der Waals surface area contributed by atoms with Crippen LogP contribution in [-0.4, -0.2) is 67.4 Å². The van der Waals surface area contributed by atoms with E-state index >= 15 is 0 Å². The van der Waals surface area contributed by atoms with Crippen LogP contribution in [0.2, 0.25) is 0 Å². The fraction of sp³-hybridized carbons (Fsp3) is 0.500. The number of aromatic nitrogens is 2. The van der Waals surface area contributed by atoms with E-state index in [2.05, 4.69) is 25.8 Å². The van der Waals surface area contributed by atoms with Crippen molar-refractivity contribution >= 4 is 11.8 Å². The summed E-state index contributed by atoms with van der Waals surface area (Å²) in [6, 6.07) is 12.1. The van der Waals surface area contributed by atoms with Crippen LogP contribution < -0.4 is 15.4 Å². The standard InChI is InChI=1S/C20H27N5O2/c21-20-22-18(16-6-12-26-15-16)14-19(23-20)25-9-7-24(8-10-25)11-13-27-17-4-2-1-3-5-17/h1-5,14,16H,6-13,15H2,(H2,21,22,23)/t16-/m0/s1.